The SMILES string of the molecule is CCC(C)c1c(F)c(Cl)c(-c2cn3cc(NC(=O)C4CC4F)nc3cn2)c2cn[nH]c12. The molecule has 1 saturated carbocycles. The number of alkyl halides is 1. The summed E-state index contributed by atoms with van der Waals surface area (Å²) in [5.74, 6) is -1.25. The molecule has 0 bridgehead atoms. The van der Waals surface area contributed by atoms with Crippen molar-refractivity contribution in [2.45, 2.75) is 38.8 Å². The van der Waals surface area contributed by atoms with Crippen LogP contribution in [0.1, 0.15) is 38.2 Å². The summed E-state index contributed by atoms with van der Waals surface area (Å²) in [7, 11) is 0. The molecular weight excluding hydrogens is 426 g/mol. The Balaban J connectivity index is 1.58. The smallest absolute Gasteiger partial charge is 0.231 e. The van der Waals surface area contributed by atoms with E-state index in [1.54, 1.807) is 23.0 Å². The van der Waals surface area contributed by atoms with Crippen molar-refractivity contribution in [1.29, 1.82) is 0 Å². The Morgan fingerprint density at radius 1 is 1.42 bits per heavy atom. The number of aromatic amines is 1. The van der Waals surface area contributed by atoms with Crippen LogP contribution >= 0.6 is 11.6 Å². The minimum absolute atomic E-state index is 0.0209. The molecule has 1 amide bonds. The van der Waals surface area contributed by atoms with E-state index >= 15 is 4.39 Å². The summed E-state index contributed by atoms with van der Waals surface area (Å²) in [5, 5.41) is 10.3. The minimum Gasteiger partial charge on any atom is -0.309 e. The summed E-state index contributed by atoms with van der Waals surface area (Å²) in [6.45, 7) is 3.92. The molecule has 0 radical (unpaired) electrons. The molecule has 0 saturated heterocycles. The third-order valence-corrected chi connectivity index (χ3v) is 6.18. The van der Waals surface area contributed by atoms with Crippen LogP contribution in [0.5, 0.6) is 0 Å². The van der Waals surface area contributed by atoms with Gasteiger partial charge in [0.05, 0.1) is 40.7 Å². The number of fused-ring (bicyclic) bond motifs is 2. The highest BCUT2D eigenvalue weighted by Crippen LogP contribution is 2.41. The molecule has 1 aliphatic carbocycles. The summed E-state index contributed by atoms with van der Waals surface area (Å²) in [6, 6.07) is 0. The predicted molar refractivity (Wildman–Crippen MR) is 113 cm³/mol. The van der Waals surface area contributed by atoms with E-state index in [0.29, 0.717) is 39.2 Å². The van der Waals surface area contributed by atoms with E-state index in [-0.39, 0.29) is 17.4 Å². The number of benzene rings is 1. The Morgan fingerprint density at radius 2 is 2.19 bits per heavy atom. The second-order valence-electron chi connectivity index (χ2n) is 7.90. The maximum absolute atomic E-state index is 15.3. The van der Waals surface area contributed by atoms with Crippen LogP contribution in [0.4, 0.5) is 14.6 Å². The van der Waals surface area contributed by atoms with Crippen LogP contribution in [0.2, 0.25) is 5.02 Å². The van der Waals surface area contributed by atoms with Gasteiger partial charge in [0.2, 0.25) is 5.91 Å². The van der Waals surface area contributed by atoms with Crippen molar-refractivity contribution in [3.63, 3.8) is 0 Å². The molecule has 3 unspecified atom stereocenters. The van der Waals surface area contributed by atoms with Crippen molar-refractivity contribution in [3.8, 4) is 11.3 Å². The van der Waals surface area contributed by atoms with Gasteiger partial charge in [-0.1, -0.05) is 25.4 Å². The largest absolute Gasteiger partial charge is 0.309 e. The standard InChI is InChI=1S/C21H19ClF2N6O/c1-3-9(2)16-19(24)18(22)17(11-5-26-29-20(11)16)13-7-30-8-14(27-15(30)6-25-13)28-21(31)10-4-12(10)23/h5-10,12H,3-4H2,1-2H3,(H,26,29)(H,28,31). The molecule has 7 nitrogen and oxygen atoms in total. The number of hydrogen-bond acceptors (Lipinski definition) is 4. The Hall–Kier alpha value is -3.07. The lowest BCUT2D eigenvalue weighted by Gasteiger charge is -2.16. The Labute approximate surface area is 180 Å². The monoisotopic (exact) mass is 444 g/mol. The number of carbonyl (C=O) groups excluding carboxylic acids is 1. The summed E-state index contributed by atoms with van der Waals surface area (Å²) >= 11 is 6.48. The molecule has 1 aromatic carbocycles. The van der Waals surface area contributed by atoms with Crippen LogP contribution < -0.4 is 5.32 Å². The number of rotatable bonds is 5. The third-order valence-electron chi connectivity index (χ3n) is 5.83. The molecule has 0 spiro atoms. The van der Waals surface area contributed by atoms with Crippen molar-refractivity contribution < 1.29 is 13.6 Å². The van der Waals surface area contributed by atoms with E-state index in [0.717, 1.165) is 6.42 Å². The summed E-state index contributed by atoms with van der Waals surface area (Å²) in [5.41, 5.74) is 2.43. The maximum Gasteiger partial charge on any atom is 0.231 e. The number of anilines is 1. The van der Waals surface area contributed by atoms with Crippen molar-refractivity contribution in [2.75, 3.05) is 5.32 Å². The molecule has 3 atom stereocenters. The Morgan fingerprint density at radius 3 is 2.90 bits per heavy atom. The minimum atomic E-state index is -1.09. The van der Waals surface area contributed by atoms with Gasteiger partial charge >= 0.3 is 0 Å². The van der Waals surface area contributed by atoms with Gasteiger partial charge in [-0.05, 0) is 18.8 Å². The molecule has 3 heterocycles. The van der Waals surface area contributed by atoms with Crippen LogP contribution in [0.15, 0.2) is 24.8 Å². The van der Waals surface area contributed by atoms with Crippen LogP contribution in [0.3, 0.4) is 0 Å². The van der Waals surface area contributed by atoms with Gasteiger partial charge in [0.1, 0.15) is 12.0 Å². The number of nitrogens with one attached hydrogen (secondary N) is 2. The maximum atomic E-state index is 15.3. The number of hydrogen-bond donors (Lipinski definition) is 2. The van der Waals surface area contributed by atoms with Gasteiger partial charge in [0.15, 0.2) is 11.5 Å². The zero-order chi connectivity index (χ0) is 21.9. The van der Waals surface area contributed by atoms with E-state index < -0.39 is 23.8 Å². The molecule has 31 heavy (non-hydrogen) atoms. The average molecular weight is 445 g/mol. The fraction of sp³-hybridized carbons (Fsp3) is 0.333. The van der Waals surface area contributed by atoms with Gasteiger partial charge < -0.3 is 9.72 Å². The fourth-order valence-corrected chi connectivity index (χ4v) is 4.10. The molecule has 0 aliphatic heterocycles. The highest BCUT2D eigenvalue weighted by molar-refractivity contribution is 6.35. The first-order valence-corrected chi connectivity index (χ1v) is 10.4. The van der Waals surface area contributed by atoms with Crippen LogP contribution in [0.25, 0.3) is 27.8 Å². The molecule has 1 aliphatic rings. The zero-order valence-electron chi connectivity index (χ0n) is 16.8. The van der Waals surface area contributed by atoms with Gasteiger partial charge in [0.25, 0.3) is 0 Å². The first-order valence-electron chi connectivity index (χ1n) is 10.0. The van der Waals surface area contributed by atoms with Crippen LogP contribution in [-0.2, 0) is 4.79 Å². The predicted octanol–water partition coefficient (Wildman–Crippen LogP) is 4.88. The zero-order valence-corrected chi connectivity index (χ0v) is 17.5. The fourth-order valence-electron chi connectivity index (χ4n) is 3.80. The van der Waals surface area contributed by atoms with Gasteiger partial charge in [0, 0.05) is 22.7 Å². The molecule has 5 rings (SSSR count). The number of carbonyl (C=O) groups is 1. The van der Waals surface area contributed by atoms with Crippen molar-refractivity contribution in [3.05, 3.63) is 41.2 Å². The van der Waals surface area contributed by atoms with E-state index in [1.165, 1.54) is 6.20 Å². The second-order valence-corrected chi connectivity index (χ2v) is 8.27. The number of aromatic nitrogens is 5. The number of amides is 1. The van der Waals surface area contributed by atoms with Crippen LogP contribution in [-0.4, -0.2) is 36.6 Å². The van der Waals surface area contributed by atoms with E-state index in [9.17, 15) is 9.18 Å². The lowest BCUT2D eigenvalue weighted by Crippen LogP contribution is -2.15. The normalized spacial score (nSPS) is 19.1. The van der Waals surface area contributed by atoms with Gasteiger partial charge in [-0.3, -0.25) is 14.9 Å². The first kappa shape index (κ1) is 19.9. The first-order chi connectivity index (χ1) is 14.9. The number of halogens is 3. The van der Waals surface area contributed by atoms with Crippen LogP contribution in [0, 0.1) is 11.7 Å². The van der Waals surface area contributed by atoms with E-state index in [4.69, 9.17) is 11.6 Å². The van der Waals surface area contributed by atoms with Gasteiger partial charge in [-0.2, -0.15) is 5.10 Å². The second kappa shape index (κ2) is 7.26. The number of H-pyrrole nitrogens is 1. The Bertz CT molecular complexity index is 1330. The third kappa shape index (κ3) is 3.23. The van der Waals surface area contributed by atoms with Crippen molar-refractivity contribution >= 4 is 39.9 Å². The molecule has 1 fully saturated rings. The van der Waals surface area contributed by atoms with Gasteiger partial charge in [-0.15, -0.1) is 0 Å². The lowest BCUT2D eigenvalue weighted by atomic mass is 9.93. The summed E-state index contributed by atoms with van der Waals surface area (Å²) in [6.07, 6.45) is 6.26. The highest BCUT2D eigenvalue weighted by atomic mass is 35.5. The lowest BCUT2D eigenvalue weighted by molar-refractivity contribution is -0.117. The molecule has 3 aromatic heterocycles. The quantitative estimate of drug-likeness (QED) is 0.459. The topological polar surface area (TPSA) is 88.0 Å². The Kier molecular flexibility index (Phi) is 4.65. The molecule has 10 heteroatoms. The summed E-state index contributed by atoms with van der Waals surface area (Å²) in [4.78, 5) is 20.7. The van der Waals surface area contributed by atoms with E-state index in [2.05, 4.69) is 25.5 Å². The van der Waals surface area contributed by atoms with Gasteiger partial charge in [-0.25, -0.2) is 13.8 Å². The number of nitrogens with zero attached hydrogens (tertiary/aromatic N) is 4. The van der Waals surface area contributed by atoms with E-state index in [1.807, 2.05) is 13.8 Å². The molecule has 160 valence electrons. The van der Waals surface area contributed by atoms with Crippen molar-refractivity contribution in [1.82, 2.24) is 24.6 Å². The average Bonchev–Trinajstić information content (AvgIpc) is 3.12. The van der Waals surface area contributed by atoms with Crippen molar-refractivity contribution in [2.24, 2.45) is 5.92 Å². The highest BCUT2D eigenvalue weighted by Gasteiger charge is 2.43. The summed E-state index contributed by atoms with van der Waals surface area (Å²) < 4.78 is 30.0. The number of imidazole rings is 1. The molecular formula is C21H19ClF2N6O. The molecule has 4 aromatic rings. The molecule has 2 N–H and O–H groups in total.